The smallest absolute Gasteiger partial charge is 0.114 e. The maximum Gasteiger partial charge on any atom is 0.114 e. The summed E-state index contributed by atoms with van der Waals surface area (Å²) in [5.74, 6) is 0. The molecule has 0 radical (unpaired) electrons. The Labute approximate surface area is 172 Å². The van der Waals surface area contributed by atoms with Crippen LogP contribution in [0.15, 0.2) is 12.2 Å². The van der Waals surface area contributed by atoms with Crippen molar-refractivity contribution in [2.45, 2.75) is 115 Å². The van der Waals surface area contributed by atoms with Crippen LogP contribution < -0.4 is 0 Å². The molecule has 1 aliphatic heterocycles. The normalized spacial score (nSPS) is 23.6. The van der Waals surface area contributed by atoms with Gasteiger partial charge in [0.1, 0.15) is 24.4 Å². The molecular weight excluding hydrogens is 356 g/mol. The van der Waals surface area contributed by atoms with Gasteiger partial charge in [-0.2, -0.15) is 0 Å². The largest absolute Gasteiger partial charge is 0.394 e. The Kier molecular flexibility index (Phi) is 15.9. The number of allylic oxidation sites excluding steroid dienone is 2. The van der Waals surface area contributed by atoms with E-state index in [9.17, 15) is 10.2 Å². The molecule has 0 bridgehead atoms. The van der Waals surface area contributed by atoms with Gasteiger partial charge in [-0.1, -0.05) is 76.9 Å². The zero-order chi connectivity index (χ0) is 20.5. The second-order valence-corrected chi connectivity index (χ2v) is 8.03. The molecule has 1 heterocycles. The lowest BCUT2D eigenvalue weighted by Gasteiger charge is -2.23. The summed E-state index contributed by atoms with van der Waals surface area (Å²) < 4.78 is 11.0. The first-order valence-corrected chi connectivity index (χ1v) is 11.6. The molecule has 0 unspecified atom stereocenters. The van der Waals surface area contributed by atoms with Gasteiger partial charge >= 0.3 is 0 Å². The van der Waals surface area contributed by atoms with E-state index < -0.39 is 24.4 Å². The first-order chi connectivity index (χ1) is 13.7. The number of ether oxygens (including phenoxy) is 2. The van der Waals surface area contributed by atoms with Crippen LogP contribution in [0.2, 0.25) is 0 Å². The molecule has 166 valence electrons. The van der Waals surface area contributed by atoms with Crippen LogP contribution in [-0.4, -0.2) is 59.6 Å². The topological polar surface area (TPSA) is 79.2 Å². The first kappa shape index (κ1) is 25.6. The Morgan fingerprint density at radius 2 is 1.50 bits per heavy atom. The van der Waals surface area contributed by atoms with Crippen LogP contribution in [0.1, 0.15) is 90.4 Å². The molecule has 5 heteroatoms. The number of unbranched alkanes of at least 4 members (excludes halogenated alkanes) is 11. The molecule has 0 amide bonds. The Bertz CT molecular complexity index is 374. The number of rotatable bonds is 18. The van der Waals surface area contributed by atoms with Crippen LogP contribution in [0.25, 0.3) is 0 Å². The molecular formula is C23H44O5. The maximum atomic E-state index is 9.87. The van der Waals surface area contributed by atoms with Gasteiger partial charge in [-0.05, 0) is 25.7 Å². The van der Waals surface area contributed by atoms with Crippen molar-refractivity contribution in [3.8, 4) is 0 Å². The van der Waals surface area contributed by atoms with E-state index in [2.05, 4.69) is 19.1 Å². The molecule has 1 rings (SSSR count). The minimum atomic E-state index is -1.01. The van der Waals surface area contributed by atoms with E-state index in [0.29, 0.717) is 6.61 Å². The highest BCUT2D eigenvalue weighted by Gasteiger charge is 2.40. The fourth-order valence-corrected chi connectivity index (χ4v) is 3.66. The Morgan fingerprint density at radius 1 is 0.929 bits per heavy atom. The van der Waals surface area contributed by atoms with Gasteiger partial charge in [-0.3, -0.25) is 0 Å². The highest BCUT2D eigenvalue weighted by Crippen LogP contribution is 2.21. The van der Waals surface area contributed by atoms with Crippen LogP contribution in [0.5, 0.6) is 0 Å². The van der Waals surface area contributed by atoms with Gasteiger partial charge in [0.2, 0.25) is 0 Å². The summed E-state index contributed by atoms with van der Waals surface area (Å²) in [4.78, 5) is 0. The summed E-state index contributed by atoms with van der Waals surface area (Å²) in [6.07, 6.45) is 18.2. The predicted molar refractivity (Wildman–Crippen MR) is 113 cm³/mol. The summed E-state index contributed by atoms with van der Waals surface area (Å²) in [6.45, 7) is 2.53. The lowest BCUT2D eigenvalue weighted by molar-refractivity contribution is -0.0935. The van der Waals surface area contributed by atoms with Gasteiger partial charge in [0.15, 0.2) is 0 Å². The Balaban J connectivity index is 1.90. The second kappa shape index (κ2) is 17.4. The van der Waals surface area contributed by atoms with Gasteiger partial charge in [0.25, 0.3) is 0 Å². The summed E-state index contributed by atoms with van der Waals surface area (Å²) in [7, 11) is 0. The number of hydrogen-bond acceptors (Lipinski definition) is 5. The van der Waals surface area contributed by atoms with Crippen molar-refractivity contribution in [2.24, 2.45) is 0 Å². The van der Waals surface area contributed by atoms with Crippen molar-refractivity contribution in [2.75, 3.05) is 19.8 Å². The molecule has 28 heavy (non-hydrogen) atoms. The third-order valence-electron chi connectivity index (χ3n) is 5.45. The van der Waals surface area contributed by atoms with Crippen molar-refractivity contribution in [1.29, 1.82) is 0 Å². The molecule has 3 N–H and O–H groups in total. The van der Waals surface area contributed by atoms with E-state index in [1.165, 1.54) is 64.2 Å². The minimum Gasteiger partial charge on any atom is -0.394 e. The number of aliphatic hydroxyl groups excluding tert-OH is 3. The zero-order valence-corrected chi connectivity index (χ0v) is 17.9. The quantitative estimate of drug-likeness (QED) is 0.238. The molecule has 0 aromatic rings. The Hall–Kier alpha value is -0.460. The average molecular weight is 401 g/mol. The van der Waals surface area contributed by atoms with Crippen molar-refractivity contribution in [3.63, 3.8) is 0 Å². The van der Waals surface area contributed by atoms with Crippen molar-refractivity contribution in [3.05, 3.63) is 12.2 Å². The Morgan fingerprint density at radius 3 is 2.11 bits per heavy atom. The third kappa shape index (κ3) is 11.5. The van der Waals surface area contributed by atoms with Gasteiger partial charge in [-0.15, -0.1) is 0 Å². The third-order valence-corrected chi connectivity index (χ3v) is 5.45. The fraction of sp³-hybridized carbons (Fsp3) is 0.913. The molecule has 1 saturated heterocycles. The van der Waals surface area contributed by atoms with Crippen LogP contribution in [0.3, 0.4) is 0 Å². The van der Waals surface area contributed by atoms with Crippen LogP contribution in [0, 0.1) is 0 Å². The van der Waals surface area contributed by atoms with Gasteiger partial charge in [0.05, 0.1) is 13.2 Å². The zero-order valence-electron chi connectivity index (χ0n) is 17.9. The predicted octanol–water partition coefficient (Wildman–Crippen LogP) is 4.13. The van der Waals surface area contributed by atoms with Crippen LogP contribution in [0.4, 0.5) is 0 Å². The second-order valence-electron chi connectivity index (χ2n) is 8.03. The van der Waals surface area contributed by atoms with Gasteiger partial charge < -0.3 is 24.8 Å². The van der Waals surface area contributed by atoms with E-state index in [4.69, 9.17) is 14.6 Å². The van der Waals surface area contributed by atoms with Crippen molar-refractivity contribution in [1.82, 2.24) is 0 Å². The fourth-order valence-electron chi connectivity index (χ4n) is 3.66. The number of aliphatic hydroxyl groups is 3. The van der Waals surface area contributed by atoms with E-state index in [1.54, 1.807) is 0 Å². The summed E-state index contributed by atoms with van der Waals surface area (Å²) >= 11 is 0. The van der Waals surface area contributed by atoms with E-state index in [-0.39, 0.29) is 13.2 Å². The van der Waals surface area contributed by atoms with E-state index in [1.807, 2.05) is 0 Å². The first-order valence-electron chi connectivity index (χ1n) is 11.6. The molecule has 0 aromatic carbocycles. The maximum absolute atomic E-state index is 9.87. The van der Waals surface area contributed by atoms with Crippen LogP contribution >= 0.6 is 0 Å². The molecule has 0 aromatic heterocycles. The molecule has 1 aliphatic rings. The average Bonchev–Trinajstić information content (AvgIpc) is 3.07. The van der Waals surface area contributed by atoms with Gasteiger partial charge in [0, 0.05) is 6.61 Å². The summed E-state index contributed by atoms with van der Waals surface area (Å²) in [5.41, 5.74) is 0. The monoisotopic (exact) mass is 400 g/mol. The SMILES string of the molecule is CCCCCCCCCCCC/C=C/CCCO[C@@H]1[C@H]([C@H](O)CO)OC[C@@H]1O. The summed E-state index contributed by atoms with van der Waals surface area (Å²) in [6, 6.07) is 0. The lowest BCUT2D eigenvalue weighted by atomic mass is 10.1. The highest BCUT2D eigenvalue weighted by molar-refractivity contribution is 4.89. The molecule has 4 atom stereocenters. The lowest BCUT2D eigenvalue weighted by Crippen LogP contribution is -2.42. The molecule has 0 aliphatic carbocycles. The van der Waals surface area contributed by atoms with Gasteiger partial charge in [-0.25, -0.2) is 0 Å². The van der Waals surface area contributed by atoms with E-state index >= 15 is 0 Å². The molecule has 1 fully saturated rings. The van der Waals surface area contributed by atoms with E-state index in [0.717, 1.165) is 19.3 Å². The summed E-state index contributed by atoms with van der Waals surface area (Å²) in [5, 5.41) is 28.6. The molecule has 0 saturated carbocycles. The highest BCUT2D eigenvalue weighted by atomic mass is 16.6. The molecule has 0 spiro atoms. The van der Waals surface area contributed by atoms with Crippen LogP contribution in [-0.2, 0) is 9.47 Å². The molecule has 5 nitrogen and oxygen atoms in total. The number of hydrogen-bond donors (Lipinski definition) is 3. The standard InChI is InChI=1S/C23H44O5/c1-2-3-4-5-6-7-8-9-10-11-12-13-14-15-16-17-27-23-21(26)19-28-22(23)20(25)18-24/h13-14,20-26H,2-12,15-19H2,1H3/b14-13+/t20-,21+,22+,23+/m1/s1. The van der Waals surface area contributed by atoms with Crippen molar-refractivity contribution < 1.29 is 24.8 Å². The minimum absolute atomic E-state index is 0.144. The van der Waals surface area contributed by atoms with Crippen molar-refractivity contribution >= 4 is 0 Å².